The van der Waals surface area contributed by atoms with E-state index in [4.69, 9.17) is 14.5 Å². The molecule has 0 radical (unpaired) electrons. The summed E-state index contributed by atoms with van der Waals surface area (Å²) in [5.74, 6) is 0.707. The first-order valence-electron chi connectivity index (χ1n) is 12.3. The van der Waals surface area contributed by atoms with Crippen LogP contribution in [0.4, 0.5) is 5.95 Å². The second kappa shape index (κ2) is 10.1. The zero-order chi connectivity index (χ0) is 25.2. The van der Waals surface area contributed by atoms with E-state index in [1.54, 1.807) is 16.9 Å². The molecular weight excluding hydrogens is 462 g/mol. The summed E-state index contributed by atoms with van der Waals surface area (Å²) in [5, 5.41) is 17.9. The van der Waals surface area contributed by atoms with Gasteiger partial charge in [0.2, 0.25) is 11.8 Å². The number of aromatic nitrogens is 6. The molecule has 11 heteroatoms. The van der Waals surface area contributed by atoms with Crippen LogP contribution in [0.3, 0.4) is 0 Å². The molecule has 0 amide bonds. The van der Waals surface area contributed by atoms with E-state index in [0.717, 1.165) is 37.1 Å². The zero-order valence-electron chi connectivity index (χ0n) is 20.8. The van der Waals surface area contributed by atoms with Gasteiger partial charge in [-0.2, -0.15) is 4.98 Å². The highest BCUT2D eigenvalue weighted by Gasteiger charge is 2.29. The van der Waals surface area contributed by atoms with Crippen LogP contribution in [0.1, 0.15) is 49.9 Å². The first kappa shape index (κ1) is 24.0. The third-order valence-corrected chi connectivity index (χ3v) is 6.65. The van der Waals surface area contributed by atoms with E-state index in [1.165, 1.54) is 0 Å². The molecule has 11 nitrogen and oxygen atoms in total. The number of rotatable bonds is 9. The smallest absolute Gasteiger partial charge is 0.306 e. The van der Waals surface area contributed by atoms with Crippen LogP contribution in [0.5, 0.6) is 11.6 Å². The number of pyridine rings is 1. The van der Waals surface area contributed by atoms with Gasteiger partial charge >= 0.3 is 5.97 Å². The maximum absolute atomic E-state index is 11.4. The number of anilines is 1. The van der Waals surface area contributed by atoms with Gasteiger partial charge in [0.1, 0.15) is 17.5 Å². The average Bonchev–Trinajstić information content (AvgIpc) is 3.61. The summed E-state index contributed by atoms with van der Waals surface area (Å²) in [6.45, 7) is 2.36. The van der Waals surface area contributed by atoms with Gasteiger partial charge in [0, 0.05) is 26.4 Å². The Morgan fingerprint density at radius 1 is 1.14 bits per heavy atom. The Hall–Kier alpha value is -3.76. The summed E-state index contributed by atoms with van der Waals surface area (Å²) in [5.41, 5.74) is 2.96. The molecule has 36 heavy (non-hydrogen) atoms. The van der Waals surface area contributed by atoms with E-state index in [0.29, 0.717) is 48.4 Å². The minimum Gasteiger partial charge on any atom is -0.489 e. The molecule has 0 aliphatic heterocycles. The Balaban J connectivity index is 1.31. The van der Waals surface area contributed by atoms with E-state index < -0.39 is 5.97 Å². The minimum absolute atomic E-state index is 0.119. The largest absolute Gasteiger partial charge is 0.489 e. The summed E-state index contributed by atoms with van der Waals surface area (Å²) in [7, 11) is 3.76. The van der Waals surface area contributed by atoms with Crippen molar-refractivity contribution in [1.82, 2.24) is 29.9 Å². The van der Waals surface area contributed by atoms with Crippen LogP contribution in [0.2, 0.25) is 0 Å². The number of aryl methyl sites for hydroxylation is 2. The lowest BCUT2D eigenvalue weighted by Crippen LogP contribution is -2.29. The highest BCUT2D eigenvalue weighted by molar-refractivity contribution is 5.70. The molecule has 2 aliphatic rings. The normalized spacial score (nSPS) is 19.6. The van der Waals surface area contributed by atoms with Gasteiger partial charge in [-0.15, -0.1) is 5.10 Å². The van der Waals surface area contributed by atoms with Crippen molar-refractivity contribution >= 4 is 11.9 Å². The van der Waals surface area contributed by atoms with Crippen LogP contribution in [-0.2, 0) is 18.4 Å². The SMILES string of the molecule is Cc1nc(-c2nnn(C)c2CN(C)c2nccc(OC3CC3)n2)ccc1O[C@H]1CCC[C@H](C(=O)O)C1. The molecule has 0 bridgehead atoms. The molecule has 2 atom stereocenters. The van der Waals surface area contributed by atoms with Crippen molar-refractivity contribution in [3.05, 3.63) is 35.8 Å². The maximum atomic E-state index is 11.4. The maximum Gasteiger partial charge on any atom is 0.306 e. The topological polar surface area (TPSA) is 128 Å². The fourth-order valence-corrected chi connectivity index (χ4v) is 4.45. The van der Waals surface area contributed by atoms with Crippen molar-refractivity contribution in [3.8, 4) is 23.0 Å². The van der Waals surface area contributed by atoms with Gasteiger partial charge in [-0.1, -0.05) is 5.21 Å². The first-order valence-corrected chi connectivity index (χ1v) is 12.3. The Kier molecular flexibility index (Phi) is 6.71. The predicted molar refractivity (Wildman–Crippen MR) is 131 cm³/mol. The zero-order valence-corrected chi connectivity index (χ0v) is 20.8. The van der Waals surface area contributed by atoms with E-state index in [9.17, 15) is 9.90 Å². The number of hydrogen-bond donors (Lipinski definition) is 1. The third-order valence-electron chi connectivity index (χ3n) is 6.65. The van der Waals surface area contributed by atoms with Crippen LogP contribution in [0, 0.1) is 12.8 Å². The second-order valence-electron chi connectivity index (χ2n) is 9.60. The number of aliphatic carboxylic acids is 1. The molecule has 0 unspecified atom stereocenters. The summed E-state index contributed by atoms with van der Waals surface area (Å²) in [6, 6.07) is 5.53. The average molecular weight is 494 g/mol. The van der Waals surface area contributed by atoms with Crippen molar-refractivity contribution < 1.29 is 19.4 Å². The molecule has 190 valence electrons. The monoisotopic (exact) mass is 493 g/mol. The molecule has 5 rings (SSSR count). The Bertz CT molecular complexity index is 1240. The van der Waals surface area contributed by atoms with Crippen molar-refractivity contribution in [2.45, 2.75) is 64.2 Å². The standard InChI is InChI=1S/C25H31N7O4/c1-15-21(35-18-6-4-5-16(13-18)24(33)34)10-9-19(27-15)23-20(32(3)30-29-23)14-31(2)25-26-12-11-22(28-25)36-17-7-8-17/h9-12,16-18H,4-8,13-14H2,1-3H3,(H,33,34)/t16-,18-/m0/s1. The van der Waals surface area contributed by atoms with Crippen LogP contribution >= 0.6 is 0 Å². The van der Waals surface area contributed by atoms with Gasteiger partial charge in [0.15, 0.2) is 0 Å². The van der Waals surface area contributed by atoms with Gasteiger partial charge in [0.25, 0.3) is 0 Å². The third kappa shape index (κ3) is 5.39. The molecule has 0 spiro atoms. The second-order valence-corrected chi connectivity index (χ2v) is 9.60. The Morgan fingerprint density at radius 3 is 2.72 bits per heavy atom. The molecule has 0 saturated heterocycles. The molecular formula is C25H31N7O4. The number of nitrogens with zero attached hydrogens (tertiary/aromatic N) is 7. The van der Waals surface area contributed by atoms with E-state index in [2.05, 4.69) is 20.3 Å². The summed E-state index contributed by atoms with van der Waals surface area (Å²) >= 11 is 0. The number of hydrogen-bond acceptors (Lipinski definition) is 9. The van der Waals surface area contributed by atoms with Crippen molar-refractivity contribution in [3.63, 3.8) is 0 Å². The lowest BCUT2D eigenvalue weighted by molar-refractivity contribution is -0.143. The van der Waals surface area contributed by atoms with Crippen LogP contribution in [0.15, 0.2) is 24.4 Å². The Labute approximate surface area is 209 Å². The molecule has 2 aliphatic carbocycles. The highest BCUT2D eigenvalue weighted by atomic mass is 16.5. The van der Waals surface area contributed by atoms with E-state index >= 15 is 0 Å². The van der Waals surface area contributed by atoms with E-state index in [1.807, 2.05) is 38.1 Å². The summed E-state index contributed by atoms with van der Waals surface area (Å²) in [4.78, 5) is 27.0. The molecule has 2 fully saturated rings. The molecule has 3 heterocycles. The van der Waals surface area contributed by atoms with E-state index in [-0.39, 0.29) is 18.1 Å². The molecule has 0 aromatic carbocycles. The fourth-order valence-electron chi connectivity index (χ4n) is 4.45. The van der Waals surface area contributed by atoms with Crippen molar-refractivity contribution in [2.75, 3.05) is 11.9 Å². The quantitative estimate of drug-likeness (QED) is 0.474. The first-order chi connectivity index (χ1) is 17.4. The number of carboxylic acids is 1. The molecule has 1 N–H and O–H groups in total. The summed E-state index contributed by atoms with van der Waals surface area (Å²) in [6.07, 6.45) is 6.91. The van der Waals surface area contributed by atoms with Crippen LogP contribution in [0.25, 0.3) is 11.4 Å². The molecule has 3 aromatic heterocycles. The molecule has 3 aromatic rings. The van der Waals surface area contributed by atoms with Gasteiger partial charge in [-0.3, -0.25) is 4.79 Å². The highest BCUT2D eigenvalue weighted by Crippen LogP contribution is 2.31. The van der Waals surface area contributed by atoms with Gasteiger partial charge in [0.05, 0.1) is 35.6 Å². The van der Waals surface area contributed by atoms with Gasteiger partial charge in [-0.25, -0.2) is 14.6 Å². The van der Waals surface area contributed by atoms with Crippen molar-refractivity contribution in [2.24, 2.45) is 13.0 Å². The lowest BCUT2D eigenvalue weighted by Gasteiger charge is -2.27. The van der Waals surface area contributed by atoms with Crippen molar-refractivity contribution in [1.29, 1.82) is 0 Å². The van der Waals surface area contributed by atoms with Gasteiger partial charge < -0.3 is 19.5 Å². The molecule has 2 saturated carbocycles. The number of carboxylic acid groups (broad SMARTS) is 1. The van der Waals surface area contributed by atoms with Crippen LogP contribution in [-0.4, -0.2) is 60.3 Å². The van der Waals surface area contributed by atoms with Gasteiger partial charge in [-0.05, 0) is 57.6 Å². The number of ether oxygens (including phenoxy) is 2. The minimum atomic E-state index is -0.749. The lowest BCUT2D eigenvalue weighted by atomic mass is 9.87. The number of carbonyl (C=O) groups is 1. The fraction of sp³-hybridized carbons (Fsp3) is 0.520. The van der Waals surface area contributed by atoms with Crippen LogP contribution < -0.4 is 14.4 Å². The predicted octanol–water partition coefficient (Wildman–Crippen LogP) is 3.18. The Morgan fingerprint density at radius 2 is 1.97 bits per heavy atom. The summed E-state index contributed by atoms with van der Waals surface area (Å²) < 4.78 is 13.7.